The molecule has 0 aliphatic rings. The number of para-hydroxylation sites is 1. The Morgan fingerprint density at radius 1 is 1.20 bits per heavy atom. The Morgan fingerprint density at radius 3 is 2.73 bits per heavy atom. The van der Waals surface area contributed by atoms with Crippen LogP contribution in [0.25, 0.3) is 33.5 Å². The summed E-state index contributed by atoms with van der Waals surface area (Å²) in [5, 5.41) is 17.4. The minimum absolute atomic E-state index is 0.141. The Morgan fingerprint density at radius 2 is 1.98 bits per heavy atom. The highest BCUT2D eigenvalue weighted by molar-refractivity contribution is 9.10. The fraction of sp³-hybridized carbons (Fsp3) is 0.143. The first kappa shape index (κ1) is 28.2. The zero-order valence-electron chi connectivity index (χ0n) is 21.5. The van der Waals surface area contributed by atoms with E-state index >= 15 is 0 Å². The monoisotopic (exact) mass is 682 g/mol. The van der Waals surface area contributed by atoms with Crippen LogP contribution < -0.4 is 10.3 Å². The van der Waals surface area contributed by atoms with Crippen LogP contribution in [0.15, 0.2) is 83.9 Å². The Bertz CT molecular complexity index is 1920. The van der Waals surface area contributed by atoms with Crippen LogP contribution >= 0.6 is 31.9 Å². The predicted octanol–water partition coefficient (Wildman–Crippen LogP) is 6.46. The van der Waals surface area contributed by atoms with Gasteiger partial charge in [0, 0.05) is 21.5 Å². The van der Waals surface area contributed by atoms with Gasteiger partial charge in [-0.15, -0.1) is 0 Å². The molecule has 11 nitrogen and oxygen atoms in total. The molecule has 0 radical (unpaired) electrons. The molecule has 0 N–H and O–H groups in total. The summed E-state index contributed by atoms with van der Waals surface area (Å²) in [5.41, 5.74) is 0.452. The zero-order valence-corrected chi connectivity index (χ0v) is 24.7. The molecule has 0 saturated heterocycles. The van der Waals surface area contributed by atoms with E-state index in [9.17, 15) is 19.7 Å². The Balaban J connectivity index is 1.61. The topological polar surface area (TPSA) is 139 Å². The Hall–Kier alpha value is -4.36. The molecule has 1 atom stereocenters. The van der Waals surface area contributed by atoms with E-state index < -0.39 is 28.2 Å². The fourth-order valence-corrected chi connectivity index (χ4v) is 4.99. The zero-order chi connectivity index (χ0) is 29.3. The summed E-state index contributed by atoms with van der Waals surface area (Å²) < 4.78 is 18.6. The van der Waals surface area contributed by atoms with Crippen molar-refractivity contribution >= 4 is 71.6 Å². The van der Waals surface area contributed by atoms with Gasteiger partial charge in [0.05, 0.1) is 33.1 Å². The minimum atomic E-state index is -1.08. The second-order valence-electron chi connectivity index (χ2n) is 8.73. The van der Waals surface area contributed by atoms with E-state index in [4.69, 9.17) is 13.9 Å². The third kappa shape index (κ3) is 5.77. The van der Waals surface area contributed by atoms with Gasteiger partial charge in [0.1, 0.15) is 5.58 Å². The van der Waals surface area contributed by atoms with Crippen molar-refractivity contribution in [1.82, 2.24) is 9.66 Å². The average Bonchev–Trinajstić information content (AvgIpc) is 3.36. The number of nitrogens with zero attached hydrogens (tertiary/aromatic N) is 4. The van der Waals surface area contributed by atoms with Gasteiger partial charge in [0.2, 0.25) is 11.6 Å². The highest BCUT2D eigenvalue weighted by atomic mass is 79.9. The van der Waals surface area contributed by atoms with Crippen molar-refractivity contribution in [3.8, 4) is 17.3 Å². The third-order valence-electron chi connectivity index (χ3n) is 5.93. The number of furan rings is 1. The summed E-state index contributed by atoms with van der Waals surface area (Å²) in [6.07, 6.45) is 0.204. The summed E-state index contributed by atoms with van der Waals surface area (Å²) in [5.74, 6) is -0.352. The molecule has 3 aromatic carbocycles. The first-order chi connectivity index (χ1) is 19.7. The highest BCUT2D eigenvalue weighted by Crippen LogP contribution is 2.37. The maximum Gasteiger partial charge on any atom is 0.347 e. The quantitative estimate of drug-likeness (QED) is 0.0786. The molecule has 2 heterocycles. The smallest absolute Gasteiger partial charge is 0.347 e. The van der Waals surface area contributed by atoms with Gasteiger partial charge in [0.25, 0.3) is 5.56 Å². The number of benzene rings is 3. The van der Waals surface area contributed by atoms with Crippen molar-refractivity contribution in [3.05, 3.63) is 95.6 Å². The second kappa shape index (κ2) is 11.6. The van der Waals surface area contributed by atoms with E-state index in [1.807, 2.05) is 12.1 Å². The maximum atomic E-state index is 13.5. The number of carbonyl (C=O) groups is 1. The number of nitro benzene ring substituents is 1. The van der Waals surface area contributed by atoms with Gasteiger partial charge in [-0.25, -0.2) is 9.78 Å². The molecular weight excluding hydrogens is 664 g/mol. The Labute approximate surface area is 248 Å². The van der Waals surface area contributed by atoms with Crippen LogP contribution in [0, 0.1) is 10.1 Å². The van der Waals surface area contributed by atoms with Crippen molar-refractivity contribution in [2.24, 2.45) is 5.10 Å². The van der Waals surface area contributed by atoms with E-state index in [1.165, 1.54) is 25.3 Å². The number of rotatable bonds is 8. The number of fused-ring (bicyclic) bond motifs is 2. The van der Waals surface area contributed by atoms with E-state index in [0.717, 1.165) is 14.5 Å². The summed E-state index contributed by atoms with van der Waals surface area (Å²) in [7, 11) is 0. The molecule has 0 spiro atoms. The number of hydrogen-bond acceptors (Lipinski definition) is 9. The molecule has 5 rings (SSSR count). The Kier molecular flexibility index (Phi) is 7.99. The fourth-order valence-electron chi connectivity index (χ4n) is 4.05. The van der Waals surface area contributed by atoms with Gasteiger partial charge >= 0.3 is 11.7 Å². The lowest BCUT2D eigenvalue weighted by molar-refractivity contribution is -0.386. The van der Waals surface area contributed by atoms with Crippen LogP contribution in [0.4, 0.5) is 5.69 Å². The lowest BCUT2D eigenvalue weighted by atomic mass is 10.2. The molecule has 41 heavy (non-hydrogen) atoms. The molecule has 0 saturated carbocycles. The SMILES string of the molecule is CCOC(=O)[C@@H](C)Oc1c(Br)cc(C=Nn2c(-c3cc4cc(Br)ccc4o3)nc3ccccc3c2=O)cc1[N+](=O)[O-]. The number of ether oxygens (including phenoxy) is 2. The number of nitro groups is 1. The average molecular weight is 684 g/mol. The van der Waals surface area contributed by atoms with Gasteiger partial charge < -0.3 is 13.9 Å². The van der Waals surface area contributed by atoms with Gasteiger partial charge in [0.15, 0.2) is 11.9 Å². The number of esters is 1. The molecule has 0 aliphatic carbocycles. The molecule has 0 bridgehead atoms. The lowest BCUT2D eigenvalue weighted by Crippen LogP contribution is -2.26. The standard InChI is InChI=1S/C28H20Br2N4O7/c1-3-39-28(36)15(2)40-25-20(30)10-16(11-22(25)34(37)38)14-31-33-26(32-21-7-5-4-6-19(21)27(33)35)24-13-17-12-18(29)8-9-23(17)41-24/h4-15H,3H2,1-2H3/t15-/m1/s1. The van der Waals surface area contributed by atoms with Crippen LogP contribution in [-0.4, -0.2) is 39.5 Å². The summed E-state index contributed by atoms with van der Waals surface area (Å²) in [6.45, 7) is 3.22. The third-order valence-corrected chi connectivity index (χ3v) is 7.01. The van der Waals surface area contributed by atoms with Crippen LogP contribution in [0.5, 0.6) is 5.75 Å². The van der Waals surface area contributed by atoms with Crippen molar-refractivity contribution in [2.75, 3.05) is 6.61 Å². The van der Waals surface area contributed by atoms with Crippen molar-refractivity contribution < 1.29 is 23.6 Å². The summed E-state index contributed by atoms with van der Waals surface area (Å²) in [4.78, 5) is 41.4. The van der Waals surface area contributed by atoms with Crippen molar-refractivity contribution in [2.45, 2.75) is 20.0 Å². The van der Waals surface area contributed by atoms with E-state index in [0.29, 0.717) is 22.2 Å². The lowest BCUT2D eigenvalue weighted by Gasteiger charge is -2.15. The van der Waals surface area contributed by atoms with E-state index in [1.54, 1.807) is 43.3 Å². The molecule has 208 valence electrons. The molecule has 0 aliphatic heterocycles. The van der Waals surface area contributed by atoms with E-state index in [2.05, 4.69) is 41.9 Å². The largest absolute Gasteiger partial charge is 0.471 e. The molecule has 2 aromatic heterocycles. The van der Waals surface area contributed by atoms with Gasteiger partial charge in [-0.3, -0.25) is 14.9 Å². The normalized spacial score (nSPS) is 12.2. The number of carbonyl (C=O) groups excluding carboxylic acids is 1. The van der Waals surface area contributed by atoms with Crippen LogP contribution in [0.3, 0.4) is 0 Å². The van der Waals surface area contributed by atoms with Gasteiger partial charge in [-0.2, -0.15) is 9.78 Å². The van der Waals surface area contributed by atoms with Crippen LogP contribution in [-0.2, 0) is 9.53 Å². The van der Waals surface area contributed by atoms with Crippen molar-refractivity contribution in [1.29, 1.82) is 0 Å². The summed E-state index contributed by atoms with van der Waals surface area (Å²) in [6, 6.07) is 16.8. The first-order valence-corrected chi connectivity index (χ1v) is 13.8. The second-order valence-corrected chi connectivity index (χ2v) is 10.5. The molecule has 13 heteroatoms. The number of hydrogen-bond donors (Lipinski definition) is 0. The molecule has 0 amide bonds. The minimum Gasteiger partial charge on any atom is -0.471 e. The van der Waals surface area contributed by atoms with Gasteiger partial charge in [-0.05, 0) is 72.2 Å². The number of halogens is 2. The van der Waals surface area contributed by atoms with Crippen LogP contribution in [0.1, 0.15) is 19.4 Å². The number of aromatic nitrogens is 2. The maximum absolute atomic E-state index is 13.5. The van der Waals surface area contributed by atoms with Crippen LogP contribution in [0.2, 0.25) is 0 Å². The molecule has 0 unspecified atom stereocenters. The molecule has 5 aromatic rings. The first-order valence-electron chi connectivity index (χ1n) is 12.2. The predicted molar refractivity (Wildman–Crippen MR) is 159 cm³/mol. The van der Waals surface area contributed by atoms with Crippen molar-refractivity contribution in [3.63, 3.8) is 0 Å². The highest BCUT2D eigenvalue weighted by Gasteiger charge is 2.25. The molecular formula is C28H20Br2N4O7. The van der Waals surface area contributed by atoms with Gasteiger partial charge in [-0.1, -0.05) is 28.1 Å². The van der Waals surface area contributed by atoms with E-state index in [-0.39, 0.29) is 28.2 Å². The summed E-state index contributed by atoms with van der Waals surface area (Å²) >= 11 is 6.73. The molecule has 0 fully saturated rings.